The molecule has 1 N–H and O–H groups in total. The number of amides is 1. The summed E-state index contributed by atoms with van der Waals surface area (Å²) in [6.07, 6.45) is 6.18. The van der Waals surface area contributed by atoms with E-state index in [1.54, 1.807) is 30.1 Å². The lowest BCUT2D eigenvalue weighted by atomic mass is 9.83. The van der Waals surface area contributed by atoms with Crippen molar-refractivity contribution in [3.63, 3.8) is 0 Å². The van der Waals surface area contributed by atoms with Gasteiger partial charge in [0, 0.05) is 20.0 Å². The number of hydrogen-bond acceptors (Lipinski definition) is 2. The van der Waals surface area contributed by atoms with Crippen molar-refractivity contribution in [1.29, 1.82) is 0 Å². The van der Waals surface area contributed by atoms with Crippen LogP contribution in [0.2, 0.25) is 0 Å². The van der Waals surface area contributed by atoms with Crippen molar-refractivity contribution in [3.8, 4) is 0 Å². The Morgan fingerprint density at radius 2 is 1.94 bits per heavy atom. The first-order chi connectivity index (χ1) is 7.53. The van der Waals surface area contributed by atoms with Crippen LogP contribution in [0.4, 0.5) is 0 Å². The van der Waals surface area contributed by atoms with Crippen LogP contribution in [0, 0.1) is 0 Å². The Morgan fingerprint density at radius 1 is 1.38 bits per heavy atom. The highest BCUT2D eigenvalue weighted by Gasteiger charge is 2.34. The molecule has 1 amide bonds. The molecule has 0 aromatic rings. The molecule has 3 nitrogen and oxygen atoms in total. The van der Waals surface area contributed by atoms with E-state index in [1.165, 1.54) is 0 Å². The predicted molar refractivity (Wildman–Crippen MR) is 64.9 cm³/mol. The molecule has 1 rings (SSSR count). The summed E-state index contributed by atoms with van der Waals surface area (Å²) in [5, 5.41) is 10.4. The molecule has 88 valence electrons. The van der Waals surface area contributed by atoms with Crippen molar-refractivity contribution in [1.82, 2.24) is 4.90 Å². The fourth-order valence-corrected chi connectivity index (χ4v) is 2.02. The molecule has 1 aliphatic heterocycles. The van der Waals surface area contributed by atoms with E-state index in [-0.39, 0.29) is 5.91 Å². The van der Waals surface area contributed by atoms with Gasteiger partial charge < -0.3 is 10.0 Å². The second-order valence-electron chi connectivity index (χ2n) is 4.10. The highest BCUT2D eigenvalue weighted by atomic mass is 16.3. The fraction of sp³-hybridized carbons (Fsp3) is 0.462. The zero-order chi connectivity index (χ0) is 12.2. The Morgan fingerprint density at radius 3 is 2.31 bits per heavy atom. The molecule has 0 aromatic heterocycles. The second kappa shape index (κ2) is 5.12. The maximum Gasteiger partial charge on any atom is 0.219 e. The van der Waals surface area contributed by atoms with E-state index in [0.717, 1.165) is 5.57 Å². The van der Waals surface area contributed by atoms with Gasteiger partial charge in [0.2, 0.25) is 5.91 Å². The summed E-state index contributed by atoms with van der Waals surface area (Å²) in [7, 11) is 0. The summed E-state index contributed by atoms with van der Waals surface area (Å²) < 4.78 is 0. The first-order valence-electron chi connectivity index (χ1n) is 5.47. The normalized spacial score (nSPS) is 20.4. The van der Waals surface area contributed by atoms with Gasteiger partial charge in [-0.3, -0.25) is 4.79 Å². The zero-order valence-corrected chi connectivity index (χ0v) is 9.78. The summed E-state index contributed by atoms with van der Waals surface area (Å²) in [6.45, 7) is 10.1. The van der Waals surface area contributed by atoms with E-state index in [0.29, 0.717) is 25.9 Å². The number of piperidine rings is 1. The monoisotopic (exact) mass is 221 g/mol. The molecule has 0 bridgehead atoms. The van der Waals surface area contributed by atoms with Gasteiger partial charge >= 0.3 is 0 Å². The van der Waals surface area contributed by atoms with Crippen LogP contribution < -0.4 is 0 Å². The third kappa shape index (κ3) is 2.61. The fourth-order valence-electron chi connectivity index (χ4n) is 2.02. The highest BCUT2D eigenvalue weighted by Crippen LogP contribution is 2.30. The van der Waals surface area contributed by atoms with Crippen LogP contribution in [-0.4, -0.2) is 34.6 Å². The number of rotatable bonds is 3. The van der Waals surface area contributed by atoms with Gasteiger partial charge in [0.25, 0.3) is 0 Å². The maximum absolute atomic E-state index is 11.2. The van der Waals surface area contributed by atoms with Gasteiger partial charge in [-0.15, -0.1) is 0 Å². The summed E-state index contributed by atoms with van der Waals surface area (Å²) in [6, 6.07) is 0. The molecule has 1 saturated heterocycles. The molecule has 0 saturated carbocycles. The smallest absolute Gasteiger partial charge is 0.219 e. The lowest BCUT2D eigenvalue weighted by Crippen LogP contribution is -2.46. The lowest BCUT2D eigenvalue weighted by molar-refractivity contribution is -0.132. The molecule has 0 radical (unpaired) electrons. The van der Waals surface area contributed by atoms with E-state index in [1.807, 2.05) is 0 Å². The Balaban J connectivity index is 2.76. The largest absolute Gasteiger partial charge is 0.385 e. The molecule has 0 aliphatic carbocycles. The quantitative estimate of drug-likeness (QED) is 0.736. The van der Waals surface area contributed by atoms with Crippen LogP contribution >= 0.6 is 0 Å². The number of carbonyl (C=O) groups excluding carboxylic acids is 1. The number of likely N-dealkylation sites (tertiary alicyclic amines) is 1. The Kier molecular flexibility index (Phi) is 4.07. The van der Waals surface area contributed by atoms with Gasteiger partial charge in [-0.2, -0.15) is 0 Å². The van der Waals surface area contributed by atoms with Crippen molar-refractivity contribution in [2.45, 2.75) is 25.4 Å². The Labute approximate surface area is 96.8 Å². The van der Waals surface area contributed by atoms with Gasteiger partial charge in [-0.05, 0) is 18.4 Å². The van der Waals surface area contributed by atoms with Crippen LogP contribution in [0.3, 0.4) is 0 Å². The standard InChI is InChI=1S/C13H19NO2/c1-4-6-12(5-2)13(16)7-9-14(10-8-13)11(3)15/h4-6,16H,1-2,7-10H2,3H3/b12-6+. The summed E-state index contributed by atoms with van der Waals surface area (Å²) in [5.74, 6) is 0.0647. The molecular weight excluding hydrogens is 202 g/mol. The van der Waals surface area contributed by atoms with Crippen molar-refractivity contribution >= 4 is 5.91 Å². The average Bonchev–Trinajstić information content (AvgIpc) is 2.26. The predicted octanol–water partition coefficient (Wildman–Crippen LogP) is 1.66. The van der Waals surface area contributed by atoms with E-state index < -0.39 is 5.60 Å². The molecule has 1 fully saturated rings. The number of hydrogen-bond donors (Lipinski definition) is 1. The minimum absolute atomic E-state index is 0.0647. The van der Waals surface area contributed by atoms with Crippen molar-refractivity contribution in [2.75, 3.05) is 13.1 Å². The first-order valence-corrected chi connectivity index (χ1v) is 5.47. The first kappa shape index (κ1) is 12.7. The van der Waals surface area contributed by atoms with E-state index >= 15 is 0 Å². The minimum atomic E-state index is -0.859. The third-order valence-electron chi connectivity index (χ3n) is 3.09. The zero-order valence-electron chi connectivity index (χ0n) is 9.78. The molecule has 1 aliphatic rings. The summed E-state index contributed by atoms with van der Waals surface area (Å²) >= 11 is 0. The molecule has 0 atom stereocenters. The lowest BCUT2D eigenvalue weighted by Gasteiger charge is -2.38. The van der Waals surface area contributed by atoms with Crippen molar-refractivity contribution in [3.05, 3.63) is 37.0 Å². The van der Waals surface area contributed by atoms with Crippen LogP contribution in [-0.2, 0) is 4.79 Å². The van der Waals surface area contributed by atoms with Crippen LogP contribution in [0.5, 0.6) is 0 Å². The maximum atomic E-state index is 11.2. The number of carbonyl (C=O) groups is 1. The van der Waals surface area contributed by atoms with Gasteiger partial charge in [-0.1, -0.05) is 31.4 Å². The van der Waals surface area contributed by atoms with Gasteiger partial charge in [0.15, 0.2) is 0 Å². The van der Waals surface area contributed by atoms with E-state index in [2.05, 4.69) is 13.2 Å². The van der Waals surface area contributed by atoms with Crippen LogP contribution in [0.1, 0.15) is 19.8 Å². The molecule has 0 unspecified atom stereocenters. The number of aliphatic hydroxyl groups is 1. The molecular formula is C13H19NO2. The van der Waals surface area contributed by atoms with E-state index in [4.69, 9.17) is 0 Å². The average molecular weight is 221 g/mol. The minimum Gasteiger partial charge on any atom is -0.385 e. The van der Waals surface area contributed by atoms with Gasteiger partial charge in [-0.25, -0.2) is 0 Å². The Hall–Kier alpha value is -1.35. The molecule has 16 heavy (non-hydrogen) atoms. The molecule has 1 heterocycles. The summed E-state index contributed by atoms with van der Waals surface area (Å²) in [5.41, 5.74) is -0.0762. The topological polar surface area (TPSA) is 40.5 Å². The third-order valence-corrected chi connectivity index (χ3v) is 3.09. The Bertz CT molecular complexity index is 323. The second-order valence-corrected chi connectivity index (χ2v) is 4.10. The molecule has 0 aromatic carbocycles. The molecule has 3 heteroatoms. The van der Waals surface area contributed by atoms with E-state index in [9.17, 15) is 9.90 Å². The SMILES string of the molecule is C=C/C=C(\C=C)C1(O)CCN(C(C)=O)CC1. The van der Waals surface area contributed by atoms with Gasteiger partial charge in [0.1, 0.15) is 0 Å². The van der Waals surface area contributed by atoms with Crippen molar-refractivity contribution < 1.29 is 9.90 Å². The van der Waals surface area contributed by atoms with Gasteiger partial charge in [0.05, 0.1) is 5.60 Å². The number of nitrogens with zero attached hydrogens (tertiary/aromatic N) is 1. The summed E-state index contributed by atoms with van der Waals surface area (Å²) in [4.78, 5) is 12.9. The highest BCUT2D eigenvalue weighted by molar-refractivity contribution is 5.73. The van der Waals surface area contributed by atoms with Crippen molar-refractivity contribution in [2.24, 2.45) is 0 Å². The van der Waals surface area contributed by atoms with Crippen LogP contribution in [0.25, 0.3) is 0 Å². The van der Waals surface area contributed by atoms with Crippen LogP contribution in [0.15, 0.2) is 37.0 Å². The number of allylic oxidation sites excluding steroid dienone is 2. The molecule has 0 spiro atoms.